The van der Waals surface area contributed by atoms with Crippen molar-refractivity contribution in [2.45, 2.75) is 26.4 Å². The largest absolute Gasteiger partial charge is 0.457 e. The highest BCUT2D eigenvalue weighted by atomic mass is 16.5. The minimum atomic E-state index is -1.00. The van der Waals surface area contributed by atoms with Gasteiger partial charge in [0.05, 0.1) is 5.60 Å². The Morgan fingerprint density at radius 2 is 1.55 bits per heavy atom. The Kier molecular flexibility index (Phi) is 4.12. The molecule has 0 heterocycles. The summed E-state index contributed by atoms with van der Waals surface area (Å²) in [4.78, 5) is 0. The Hall–Kier alpha value is -1.84. The van der Waals surface area contributed by atoms with Gasteiger partial charge in [-0.15, -0.1) is 0 Å². The fourth-order valence-corrected chi connectivity index (χ4v) is 2.13. The Morgan fingerprint density at radius 3 is 2.05 bits per heavy atom. The van der Waals surface area contributed by atoms with E-state index in [1.165, 1.54) is 11.1 Å². The first-order valence-corrected chi connectivity index (χ1v) is 6.70. The number of ether oxygens (including phenoxy) is 1. The predicted octanol–water partition coefficient (Wildman–Crippen LogP) is 3.26. The zero-order valence-corrected chi connectivity index (χ0v) is 12.2. The summed E-state index contributed by atoms with van der Waals surface area (Å²) in [6.45, 7) is 5.97. The highest BCUT2D eigenvalue weighted by molar-refractivity contribution is 5.38. The van der Waals surface area contributed by atoms with E-state index in [2.05, 4.69) is 6.07 Å². The Balaban J connectivity index is 2.19. The summed E-state index contributed by atoms with van der Waals surface area (Å²) in [6, 6.07) is 13.5. The molecule has 0 aromatic heterocycles. The van der Waals surface area contributed by atoms with Gasteiger partial charge in [-0.3, -0.25) is 0 Å². The molecule has 1 unspecified atom stereocenters. The van der Waals surface area contributed by atoms with E-state index in [9.17, 15) is 5.11 Å². The molecule has 106 valence electrons. The zero-order valence-electron chi connectivity index (χ0n) is 12.2. The van der Waals surface area contributed by atoms with E-state index < -0.39 is 5.60 Å². The van der Waals surface area contributed by atoms with Crippen molar-refractivity contribution < 1.29 is 9.84 Å². The van der Waals surface area contributed by atoms with Crippen molar-refractivity contribution in [3.63, 3.8) is 0 Å². The van der Waals surface area contributed by atoms with E-state index in [1.54, 1.807) is 6.92 Å². The quantitative estimate of drug-likeness (QED) is 0.897. The van der Waals surface area contributed by atoms with Gasteiger partial charge in [-0.2, -0.15) is 0 Å². The van der Waals surface area contributed by atoms with Crippen LogP contribution in [0.15, 0.2) is 42.5 Å². The summed E-state index contributed by atoms with van der Waals surface area (Å²) >= 11 is 0. The third kappa shape index (κ3) is 3.38. The van der Waals surface area contributed by atoms with Gasteiger partial charge in [0.15, 0.2) is 0 Å². The predicted molar refractivity (Wildman–Crippen MR) is 81.1 cm³/mol. The molecule has 0 saturated carbocycles. The van der Waals surface area contributed by atoms with Crippen molar-refractivity contribution in [1.82, 2.24) is 0 Å². The second-order valence-electron chi connectivity index (χ2n) is 5.43. The molecule has 1 atom stereocenters. The summed E-state index contributed by atoms with van der Waals surface area (Å²) in [7, 11) is 0. The van der Waals surface area contributed by atoms with Gasteiger partial charge in [0.25, 0.3) is 0 Å². The molecule has 0 spiro atoms. The topological polar surface area (TPSA) is 55.5 Å². The maximum atomic E-state index is 10.1. The van der Waals surface area contributed by atoms with Crippen LogP contribution in [0.2, 0.25) is 0 Å². The fraction of sp³-hybridized carbons (Fsp3) is 0.294. The highest BCUT2D eigenvalue weighted by Crippen LogP contribution is 2.26. The maximum Gasteiger partial charge on any atom is 0.127 e. The van der Waals surface area contributed by atoms with Gasteiger partial charge in [-0.1, -0.05) is 18.2 Å². The number of rotatable bonds is 4. The first-order chi connectivity index (χ1) is 9.40. The average molecular weight is 271 g/mol. The monoisotopic (exact) mass is 271 g/mol. The third-order valence-corrected chi connectivity index (χ3v) is 3.30. The highest BCUT2D eigenvalue weighted by Gasteiger charge is 2.20. The standard InChI is InChI=1S/C17H21NO2/c1-12-8-13(2)10-16(9-12)20-15-6-4-14(5-7-15)17(3,19)11-18/h4-10,19H,11,18H2,1-3H3. The van der Waals surface area contributed by atoms with Crippen molar-refractivity contribution in [1.29, 1.82) is 0 Å². The van der Waals surface area contributed by atoms with Crippen LogP contribution in [-0.2, 0) is 5.60 Å². The van der Waals surface area contributed by atoms with Crippen LogP contribution in [0.1, 0.15) is 23.6 Å². The number of hydrogen-bond acceptors (Lipinski definition) is 3. The Labute approximate surface area is 120 Å². The second-order valence-corrected chi connectivity index (χ2v) is 5.43. The minimum Gasteiger partial charge on any atom is -0.457 e. The van der Waals surface area contributed by atoms with Crippen LogP contribution in [0.3, 0.4) is 0 Å². The van der Waals surface area contributed by atoms with E-state index in [0.29, 0.717) is 0 Å². The fourth-order valence-electron chi connectivity index (χ4n) is 2.13. The molecule has 3 heteroatoms. The van der Waals surface area contributed by atoms with Gasteiger partial charge in [0.1, 0.15) is 11.5 Å². The first-order valence-electron chi connectivity index (χ1n) is 6.70. The van der Waals surface area contributed by atoms with Gasteiger partial charge in [0, 0.05) is 6.54 Å². The van der Waals surface area contributed by atoms with Crippen molar-refractivity contribution in [3.8, 4) is 11.5 Å². The SMILES string of the molecule is Cc1cc(C)cc(Oc2ccc(C(C)(O)CN)cc2)c1. The molecule has 0 aliphatic carbocycles. The lowest BCUT2D eigenvalue weighted by molar-refractivity contribution is 0.0668. The number of hydrogen-bond donors (Lipinski definition) is 2. The molecule has 0 fully saturated rings. The Morgan fingerprint density at radius 1 is 1.00 bits per heavy atom. The van der Waals surface area contributed by atoms with Gasteiger partial charge in [0.2, 0.25) is 0 Å². The van der Waals surface area contributed by atoms with Gasteiger partial charge in [-0.05, 0) is 61.7 Å². The van der Waals surface area contributed by atoms with Crippen LogP contribution in [0, 0.1) is 13.8 Å². The summed E-state index contributed by atoms with van der Waals surface area (Å²) in [5.74, 6) is 1.56. The molecular formula is C17H21NO2. The molecule has 0 aliphatic rings. The van der Waals surface area contributed by atoms with Crippen LogP contribution < -0.4 is 10.5 Å². The minimum absolute atomic E-state index is 0.185. The molecule has 3 N–H and O–H groups in total. The molecule has 3 nitrogen and oxygen atoms in total. The summed E-state index contributed by atoms with van der Waals surface area (Å²) in [5.41, 5.74) is 7.67. The maximum absolute atomic E-state index is 10.1. The van der Waals surface area contributed by atoms with Crippen molar-refractivity contribution >= 4 is 0 Å². The van der Waals surface area contributed by atoms with Gasteiger partial charge >= 0.3 is 0 Å². The molecule has 0 saturated heterocycles. The lowest BCUT2D eigenvalue weighted by Gasteiger charge is -2.21. The van der Waals surface area contributed by atoms with Crippen LogP contribution in [-0.4, -0.2) is 11.7 Å². The van der Waals surface area contributed by atoms with Crippen molar-refractivity contribution in [2.24, 2.45) is 5.73 Å². The van der Waals surface area contributed by atoms with E-state index in [4.69, 9.17) is 10.5 Å². The van der Waals surface area contributed by atoms with Crippen molar-refractivity contribution in [3.05, 3.63) is 59.2 Å². The smallest absolute Gasteiger partial charge is 0.127 e. The zero-order chi connectivity index (χ0) is 14.8. The number of aryl methyl sites for hydroxylation is 2. The van der Waals surface area contributed by atoms with E-state index in [0.717, 1.165) is 17.1 Å². The number of aliphatic hydroxyl groups is 1. The lowest BCUT2D eigenvalue weighted by Crippen LogP contribution is -2.31. The van der Waals surface area contributed by atoms with Crippen LogP contribution >= 0.6 is 0 Å². The van der Waals surface area contributed by atoms with Gasteiger partial charge in [-0.25, -0.2) is 0 Å². The molecule has 0 radical (unpaired) electrons. The van der Waals surface area contributed by atoms with Crippen molar-refractivity contribution in [2.75, 3.05) is 6.54 Å². The summed E-state index contributed by atoms with van der Waals surface area (Å²) in [6.07, 6.45) is 0. The third-order valence-electron chi connectivity index (χ3n) is 3.30. The average Bonchev–Trinajstić information content (AvgIpc) is 2.38. The molecule has 0 amide bonds. The molecule has 20 heavy (non-hydrogen) atoms. The first kappa shape index (κ1) is 14.6. The lowest BCUT2D eigenvalue weighted by atomic mass is 9.96. The second kappa shape index (κ2) is 5.65. The molecular weight excluding hydrogens is 250 g/mol. The van der Waals surface area contributed by atoms with Crippen LogP contribution in [0.4, 0.5) is 0 Å². The molecule has 2 aromatic rings. The normalized spacial score (nSPS) is 13.8. The van der Waals surface area contributed by atoms with E-state index >= 15 is 0 Å². The Bertz CT molecular complexity index is 568. The van der Waals surface area contributed by atoms with E-state index in [-0.39, 0.29) is 6.54 Å². The molecule has 2 aromatic carbocycles. The summed E-state index contributed by atoms with van der Waals surface area (Å²) in [5, 5.41) is 10.1. The summed E-state index contributed by atoms with van der Waals surface area (Å²) < 4.78 is 5.83. The molecule has 2 rings (SSSR count). The van der Waals surface area contributed by atoms with Crippen LogP contribution in [0.5, 0.6) is 11.5 Å². The molecule has 0 bridgehead atoms. The molecule has 0 aliphatic heterocycles. The number of benzene rings is 2. The van der Waals surface area contributed by atoms with Crippen LogP contribution in [0.25, 0.3) is 0 Å². The van der Waals surface area contributed by atoms with E-state index in [1.807, 2.05) is 50.2 Å². The van der Waals surface area contributed by atoms with Gasteiger partial charge < -0.3 is 15.6 Å². The number of nitrogens with two attached hydrogens (primary N) is 1.